The number of nitro benzene ring substituents is 1. The molecule has 0 saturated heterocycles. The van der Waals surface area contributed by atoms with Gasteiger partial charge in [-0.05, 0) is 35.6 Å². The number of carbonyl (C=O) groups is 1. The Morgan fingerprint density at radius 3 is 2.62 bits per heavy atom. The van der Waals surface area contributed by atoms with Gasteiger partial charge in [0.1, 0.15) is 16.9 Å². The SMILES string of the molecule is Cc1ccc(C(C)C)c2oc(=O)c(C(=O)/C=C/c3cccc([N+](=O)[O-])c3)c(O)c12. The molecule has 0 aliphatic heterocycles. The number of nitro groups is 1. The Labute approximate surface area is 166 Å². The van der Waals surface area contributed by atoms with Crippen molar-refractivity contribution in [3.05, 3.63) is 85.3 Å². The molecule has 29 heavy (non-hydrogen) atoms. The van der Waals surface area contributed by atoms with Crippen molar-refractivity contribution >= 4 is 28.5 Å². The van der Waals surface area contributed by atoms with Crippen molar-refractivity contribution < 1.29 is 19.2 Å². The zero-order chi connectivity index (χ0) is 21.3. The van der Waals surface area contributed by atoms with Crippen molar-refractivity contribution in [1.82, 2.24) is 0 Å². The summed E-state index contributed by atoms with van der Waals surface area (Å²) in [5.41, 5.74) is 0.576. The minimum Gasteiger partial charge on any atom is -0.506 e. The van der Waals surface area contributed by atoms with E-state index >= 15 is 0 Å². The van der Waals surface area contributed by atoms with Crippen LogP contribution in [0.15, 0.2) is 51.7 Å². The third kappa shape index (κ3) is 3.80. The zero-order valence-electron chi connectivity index (χ0n) is 16.1. The summed E-state index contributed by atoms with van der Waals surface area (Å²) in [5, 5.41) is 21.9. The number of carbonyl (C=O) groups excluding carboxylic acids is 1. The van der Waals surface area contributed by atoms with Crippen LogP contribution in [-0.4, -0.2) is 15.8 Å². The first-order valence-corrected chi connectivity index (χ1v) is 8.96. The van der Waals surface area contributed by atoms with Gasteiger partial charge >= 0.3 is 5.63 Å². The molecule has 0 aliphatic rings. The van der Waals surface area contributed by atoms with Gasteiger partial charge < -0.3 is 9.52 Å². The minimum absolute atomic E-state index is 0.0518. The van der Waals surface area contributed by atoms with E-state index in [4.69, 9.17) is 4.42 Å². The van der Waals surface area contributed by atoms with E-state index in [2.05, 4.69) is 0 Å². The summed E-state index contributed by atoms with van der Waals surface area (Å²) in [6.07, 6.45) is 2.42. The predicted octanol–water partition coefficient (Wildman–Crippen LogP) is 4.73. The molecule has 3 aromatic rings. The highest BCUT2D eigenvalue weighted by Gasteiger charge is 2.22. The molecule has 1 heterocycles. The first kappa shape index (κ1) is 20.0. The number of hydrogen-bond acceptors (Lipinski definition) is 6. The molecule has 0 amide bonds. The fraction of sp³-hybridized carbons (Fsp3) is 0.182. The summed E-state index contributed by atoms with van der Waals surface area (Å²) in [6.45, 7) is 5.61. The molecular formula is C22H19NO6. The summed E-state index contributed by atoms with van der Waals surface area (Å²) < 4.78 is 5.41. The van der Waals surface area contributed by atoms with E-state index in [1.165, 1.54) is 24.3 Å². The van der Waals surface area contributed by atoms with Gasteiger partial charge in [0, 0.05) is 12.1 Å². The molecule has 0 atom stereocenters. The number of aryl methyl sites for hydroxylation is 1. The maximum absolute atomic E-state index is 12.6. The topological polar surface area (TPSA) is 111 Å². The first-order chi connectivity index (χ1) is 13.7. The molecule has 0 bridgehead atoms. The molecule has 0 spiro atoms. The fourth-order valence-corrected chi connectivity index (χ4v) is 3.14. The van der Waals surface area contributed by atoms with Crippen LogP contribution < -0.4 is 5.63 Å². The normalized spacial score (nSPS) is 11.4. The van der Waals surface area contributed by atoms with Gasteiger partial charge in [-0.25, -0.2) is 4.79 Å². The van der Waals surface area contributed by atoms with E-state index in [0.29, 0.717) is 16.5 Å². The van der Waals surface area contributed by atoms with E-state index in [-0.39, 0.29) is 17.2 Å². The molecule has 2 aromatic carbocycles. The van der Waals surface area contributed by atoms with E-state index in [1.54, 1.807) is 19.1 Å². The average Bonchev–Trinajstić information content (AvgIpc) is 2.66. The number of nitrogens with zero attached hydrogens (tertiary/aromatic N) is 1. The zero-order valence-corrected chi connectivity index (χ0v) is 16.1. The van der Waals surface area contributed by atoms with E-state index < -0.39 is 27.6 Å². The summed E-state index contributed by atoms with van der Waals surface area (Å²) in [6, 6.07) is 9.32. The summed E-state index contributed by atoms with van der Waals surface area (Å²) in [5.74, 6) is -1.13. The van der Waals surface area contributed by atoms with Crippen LogP contribution in [0.3, 0.4) is 0 Å². The third-order valence-electron chi connectivity index (χ3n) is 4.65. The van der Waals surface area contributed by atoms with Gasteiger partial charge in [0.15, 0.2) is 5.78 Å². The van der Waals surface area contributed by atoms with Crippen LogP contribution in [0.4, 0.5) is 5.69 Å². The van der Waals surface area contributed by atoms with E-state index in [1.807, 2.05) is 19.9 Å². The van der Waals surface area contributed by atoms with Crippen LogP contribution in [0.2, 0.25) is 0 Å². The van der Waals surface area contributed by atoms with Crippen molar-refractivity contribution in [2.75, 3.05) is 0 Å². The number of hydrogen-bond donors (Lipinski definition) is 1. The maximum Gasteiger partial charge on any atom is 0.351 e. The Hall–Kier alpha value is -3.74. The molecule has 0 unspecified atom stereocenters. The van der Waals surface area contributed by atoms with Crippen LogP contribution in [0.5, 0.6) is 5.75 Å². The molecule has 3 rings (SSSR count). The molecular weight excluding hydrogens is 374 g/mol. The van der Waals surface area contributed by atoms with Crippen molar-refractivity contribution in [2.24, 2.45) is 0 Å². The van der Waals surface area contributed by atoms with Crippen LogP contribution >= 0.6 is 0 Å². The lowest BCUT2D eigenvalue weighted by molar-refractivity contribution is -0.384. The van der Waals surface area contributed by atoms with Gasteiger partial charge in [-0.1, -0.05) is 44.2 Å². The van der Waals surface area contributed by atoms with Gasteiger partial charge in [-0.2, -0.15) is 0 Å². The smallest absolute Gasteiger partial charge is 0.351 e. The molecule has 1 N–H and O–H groups in total. The summed E-state index contributed by atoms with van der Waals surface area (Å²) >= 11 is 0. The highest BCUT2D eigenvalue weighted by molar-refractivity contribution is 6.11. The maximum atomic E-state index is 12.6. The van der Waals surface area contributed by atoms with Crippen molar-refractivity contribution in [1.29, 1.82) is 0 Å². The highest BCUT2D eigenvalue weighted by Crippen LogP contribution is 2.34. The van der Waals surface area contributed by atoms with Crippen LogP contribution in [0.25, 0.3) is 17.0 Å². The summed E-state index contributed by atoms with van der Waals surface area (Å²) in [4.78, 5) is 35.4. The molecule has 1 aromatic heterocycles. The Morgan fingerprint density at radius 2 is 1.97 bits per heavy atom. The Kier molecular flexibility index (Phi) is 5.32. The number of fused-ring (bicyclic) bond motifs is 1. The monoisotopic (exact) mass is 393 g/mol. The lowest BCUT2D eigenvalue weighted by Crippen LogP contribution is -2.13. The molecule has 0 saturated carbocycles. The summed E-state index contributed by atoms with van der Waals surface area (Å²) in [7, 11) is 0. The second kappa shape index (κ2) is 7.71. The Morgan fingerprint density at radius 1 is 1.24 bits per heavy atom. The highest BCUT2D eigenvalue weighted by atomic mass is 16.6. The largest absolute Gasteiger partial charge is 0.506 e. The van der Waals surface area contributed by atoms with Crippen LogP contribution in [0.1, 0.15) is 46.8 Å². The molecule has 7 nitrogen and oxygen atoms in total. The van der Waals surface area contributed by atoms with Gasteiger partial charge in [-0.15, -0.1) is 0 Å². The second-order valence-corrected chi connectivity index (χ2v) is 6.99. The third-order valence-corrected chi connectivity index (χ3v) is 4.65. The number of rotatable bonds is 5. The van der Waals surface area contributed by atoms with Gasteiger partial charge in [0.05, 0.1) is 10.3 Å². The quantitative estimate of drug-likeness (QED) is 0.220. The molecule has 0 fully saturated rings. The lowest BCUT2D eigenvalue weighted by Gasteiger charge is -2.12. The number of aromatic hydroxyl groups is 1. The van der Waals surface area contributed by atoms with Gasteiger partial charge in [-0.3, -0.25) is 14.9 Å². The average molecular weight is 393 g/mol. The minimum atomic E-state index is -0.934. The van der Waals surface area contributed by atoms with E-state index in [9.17, 15) is 24.8 Å². The fourth-order valence-electron chi connectivity index (χ4n) is 3.14. The number of allylic oxidation sites excluding steroid dienone is 1. The Balaban J connectivity index is 2.09. The lowest BCUT2D eigenvalue weighted by atomic mass is 9.96. The number of benzene rings is 2. The van der Waals surface area contributed by atoms with Crippen LogP contribution in [0, 0.1) is 17.0 Å². The first-order valence-electron chi connectivity index (χ1n) is 8.96. The van der Waals surface area contributed by atoms with Gasteiger partial charge in [0.25, 0.3) is 5.69 Å². The van der Waals surface area contributed by atoms with Crippen molar-refractivity contribution in [3.63, 3.8) is 0 Å². The number of non-ortho nitro benzene ring substituents is 1. The van der Waals surface area contributed by atoms with Crippen molar-refractivity contribution in [2.45, 2.75) is 26.7 Å². The number of ketones is 1. The molecule has 0 aliphatic carbocycles. The van der Waals surface area contributed by atoms with E-state index in [0.717, 1.165) is 11.6 Å². The predicted molar refractivity (Wildman–Crippen MR) is 109 cm³/mol. The molecule has 7 heteroatoms. The molecule has 0 radical (unpaired) electrons. The Bertz CT molecular complexity index is 1220. The van der Waals surface area contributed by atoms with Crippen LogP contribution in [-0.2, 0) is 0 Å². The van der Waals surface area contributed by atoms with Crippen molar-refractivity contribution in [3.8, 4) is 5.75 Å². The second-order valence-electron chi connectivity index (χ2n) is 6.99. The van der Waals surface area contributed by atoms with Gasteiger partial charge in [0.2, 0.25) is 0 Å². The standard InChI is InChI=1S/C22H19NO6/c1-12(2)16-9-7-13(3)18-20(25)19(22(26)29-21(16)18)17(24)10-8-14-5-4-6-15(11-14)23(27)28/h4-12,25H,1-3H3/b10-8+. The molecule has 148 valence electrons.